The topological polar surface area (TPSA) is 23.5 Å². The fourth-order valence-electron chi connectivity index (χ4n) is 2.59. The minimum atomic E-state index is 0.109. The molecule has 0 heterocycles. The maximum absolute atomic E-state index is 10.6. The summed E-state index contributed by atoms with van der Waals surface area (Å²) in [4.78, 5) is 2.33. The molecule has 0 saturated carbocycles. The molecule has 0 aliphatic carbocycles. The summed E-state index contributed by atoms with van der Waals surface area (Å²) in [6.45, 7) is 8.83. The molecule has 2 nitrogen and oxygen atoms in total. The monoisotopic (exact) mass is 271 g/mol. The van der Waals surface area contributed by atoms with E-state index in [2.05, 4.69) is 45.7 Å². The normalized spacial score (nSPS) is 13.9. The van der Waals surface area contributed by atoms with Gasteiger partial charge in [-0.15, -0.1) is 0 Å². The van der Waals surface area contributed by atoms with Crippen LogP contribution in [0.4, 0.5) is 0 Å². The van der Waals surface area contributed by atoms with Gasteiger partial charge in [0.2, 0.25) is 0 Å². The molecule has 0 aromatic heterocycles. The Balaban J connectivity index is 2.45. The van der Waals surface area contributed by atoms with Gasteiger partial charge in [-0.3, -0.25) is 4.90 Å². The number of rotatable bonds is 4. The summed E-state index contributed by atoms with van der Waals surface area (Å²) in [5, 5.41) is 12.6. The number of benzene rings is 2. The summed E-state index contributed by atoms with van der Waals surface area (Å²) < 4.78 is 0. The lowest BCUT2D eigenvalue weighted by Gasteiger charge is -2.39. The second-order valence-electron chi connectivity index (χ2n) is 6.18. The zero-order valence-electron chi connectivity index (χ0n) is 13.1. The van der Waals surface area contributed by atoms with Crippen LogP contribution >= 0.6 is 0 Å². The van der Waals surface area contributed by atoms with Gasteiger partial charge in [-0.25, -0.2) is 0 Å². The van der Waals surface area contributed by atoms with Gasteiger partial charge in [0, 0.05) is 22.5 Å². The Morgan fingerprint density at radius 1 is 1.15 bits per heavy atom. The Morgan fingerprint density at radius 2 is 1.80 bits per heavy atom. The van der Waals surface area contributed by atoms with E-state index in [1.54, 1.807) is 0 Å². The van der Waals surface area contributed by atoms with Crippen molar-refractivity contribution in [3.8, 4) is 5.75 Å². The Morgan fingerprint density at radius 3 is 2.45 bits per heavy atom. The lowest BCUT2D eigenvalue weighted by molar-refractivity contribution is 0.105. The van der Waals surface area contributed by atoms with Crippen LogP contribution in [-0.4, -0.2) is 22.6 Å². The van der Waals surface area contributed by atoms with E-state index >= 15 is 0 Å². The largest absolute Gasteiger partial charge is 0.507 e. The predicted molar refractivity (Wildman–Crippen MR) is 86.2 cm³/mol. The van der Waals surface area contributed by atoms with Crippen molar-refractivity contribution in [2.24, 2.45) is 0 Å². The third-order valence-electron chi connectivity index (χ3n) is 4.78. The van der Waals surface area contributed by atoms with Gasteiger partial charge in [-0.1, -0.05) is 43.3 Å². The number of hydrogen-bond donors (Lipinski definition) is 1. The minimum absolute atomic E-state index is 0.109. The van der Waals surface area contributed by atoms with Gasteiger partial charge in [0.1, 0.15) is 5.75 Å². The lowest BCUT2D eigenvalue weighted by atomic mass is 9.94. The number of phenolic OH excluding ortho intramolecular Hbond substituents is 1. The van der Waals surface area contributed by atoms with Crippen molar-refractivity contribution < 1.29 is 5.11 Å². The quantitative estimate of drug-likeness (QED) is 0.869. The molecule has 1 atom stereocenters. The van der Waals surface area contributed by atoms with Gasteiger partial charge in [0.25, 0.3) is 0 Å². The number of fused-ring (bicyclic) bond motifs is 1. The molecule has 0 bridgehead atoms. The molecule has 0 spiro atoms. The third-order valence-corrected chi connectivity index (χ3v) is 4.78. The Hall–Kier alpha value is -1.54. The molecule has 0 aliphatic rings. The lowest BCUT2D eigenvalue weighted by Crippen LogP contribution is -2.41. The van der Waals surface area contributed by atoms with Crippen LogP contribution in [0.15, 0.2) is 36.4 Å². The standard InChI is InChI=1S/C18H25NO/c1-6-18(3,4)19(5)13(2)15-12-11-14-9-7-8-10-16(14)17(15)20/h7-13,20H,6H2,1-5H3. The Kier molecular flexibility index (Phi) is 4.05. The SMILES string of the molecule is CCC(C)(C)N(C)C(C)c1ccc2ccccc2c1O. The van der Waals surface area contributed by atoms with Crippen molar-refractivity contribution in [2.75, 3.05) is 7.05 Å². The molecule has 0 saturated heterocycles. The summed E-state index contributed by atoms with van der Waals surface area (Å²) in [6.07, 6.45) is 1.07. The molecule has 0 fully saturated rings. The van der Waals surface area contributed by atoms with Crippen molar-refractivity contribution in [1.29, 1.82) is 0 Å². The van der Waals surface area contributed by atoms with Crippen LogP contribution in [0.5, 0.6) is 5.75 Å². The van der Waals surface area contributed by atoms with Crippen LogP contribution in [0, 0.1) is 0 Å². The van der Waals surface area contributed by atoms with Gasteiger partial charge in [-0.2, -0.15) is 0 Å². The molecule has 2 rings (SSSR count). The summed E-state index contributed by atoms with van der Waals surface area (Å²) >= 11 is 0. The maximum atomic E-state index is 10.6. The van der Waals surface area contributed by atoms with E-state index in [0.717, 1.165) is 22.8 Å². The van der Waals surface area contributed by atoms with Crippen LogP contribution in [0.25, 0.3) is 10.8 Å². The molecular formula is C18H25NO. The highest BCUT2D eigenvalue weighted by Gasteiger charge is 2.27. The van der Waals surface area contributed by atoms with E-state index < -0.39 is 0 Å². The van der Waals surface area contributed by atoms with Crippen LogP contribution in [0.3, 0.4) is 0 Å². The van der Waals surface area contributed by atoms with Gasteiger partial charge in [0.15, 0.2) is 0 Å². The third kappa shape index (κ3) is 2.53. The van der Waals surface area contributed by atoms with Gasteiger partial charge in [0.05, 0.1) is 0 Å². The van der Waals surface area contributed by atoms with Gasteiger partial charge in [-0.05, 0) is 39.6 Å². The first-order chi connectivity index (χ1) is 9.38. The Bertz CT molecular complexity index is 603. The first-order valence-electron chi connectivity index (χ1n) is 7.32. The van der Waals surface area contributed by atoms with Crippen molar-refractivity contribution in [3.63, 3.8) is 0 Å². The van der Waals surface area contributed by atoms with Crippen molar-refractivity contribution in [3.05, 3.63) is 42.0 Å². The van der Waals surface area contributed by atoms with Gasteiger partial charge >= 0.3 is 0 Å². The van der Waals surface area contributed by atoms with E-state index in [-0.39, 0.29) is 11.6 Å². The molecule has 0 radical (unpaired) electrons. The van der Waals surface area contributed by atoms with Gasteiger partial charge < -0.3 is 5.11 Å². The van der Waals surface area contributed by atoms with E-state index in [1.165, 1.54) is 0 Å². The summed E-state index contributed by atoms with van der Waals surface area (Å²) in [6, 6.07) is 12.3. The molecule has 0 amide bonds. The maximum Gasteiger partial charge on any atom is 0.128 e. The smallest absolute Gasteiger partial charge is 0.128 e. The fraction of sp³-hybridized carbons (Fsp3) is 0.444. The minimum Gasteiger partial charge on any atom is -0.507 e. The Labute approximate surface area is 122 Å². The molecule has 2 aromatic rings. The average molecular weight is 271 g/mol. The summed E-state index contributed by atoms with van der Waals surface area (Å²) in [7, 11) is 2.13. The zero-order valence-corrected chi connectivity index (χ0v) is 13.1. The molecule has 2 heteroatoms. The second kappa shape index (κ2) is 5.45. The molecule has 1 N–H and O–H groups in total. The number of hydrogen-bond acceptors (Lipinski definition) is 2. The highest BCUT2D eigenvalue weighted by molar-refractivity contribution is 5.89. The van der Waals surface area contributed by atoms with Crippen LogP contribution in [0.2, 0.25) is 0 Å². The molecular weight excluding hydrogens is 246 g/mol. The number of nitrogens with zero attached hydrogens (tertiary/aromatic N) is 1. The molecule has 20 heavy (non-hydrogen) atoms. The summed E-state index contributed by atoms with van der Waals surface area (Å²) in [5.41, 5.74) is 1.10. The van der Waals surface area contributed by atoms with Crippen molar-refractivity contribution in [1.82, 2.24) is 4.90 Å². The second-order valence-corrected chi connectivity index (χ2v) is 6.18. The summed E-state index contributed by atoms with van der Waals surface area (Å²) in [5.74, 6) is 0.411. The number of aromatic hydroxyl groups is 1. The first-order valence-corrected chi connectivity index (χ1v) is 7.32. The number of phenols is 1. The van der Waals surface area contributed by atoms with Crippen LogP contribution < -0.4 is 0 Å². The van der Waals surface area contributed by atoms with Crippen molar-refractivity contribution in [2.45, 2.75) is 45.7 Å². The molecule has 1 unspecified atom stereocenters. The fourth-order valence-corrected chi connectivity index (χ4v) is 2.59. The predicted octanol–water partition coefficient (Wildman–Crippen LogP) is 4.73. The molecule has 108 valence electrons. The van der Waals surface area contributed by atoms with Crippen molar-refractivity contribution >= 4 is 10.8 Å². The molecule has 2 aromatic carbocycles. The average Bonchev–Trinajstić information content (AvgIpc) is 2.46. The van der Waals surface area contributed by atoms with Crippen LogP contribution in [0.1, 0.15) is 45.7 Å². The van der Waals surface area contributed by atoms with E-state index in [1.807, 2.05) is 30.3 Å². The van der Waals surface area contributed by atoms with E-state index in [4.69, 9.17) is 0 Å². The van der Waals surface area contributed by atoms with E-state index in [0.29, 0.717) is 5.75 Å². The van der Waals surface area contributed by atoms with E-state index in [9.17, 15) is 5.11 Å². The highest BCUT2D eigenvalue weighted by Crippen LogP contribution is 2.37. The van der Waals surface area contributed by atoms with Crippen LogP contribution in [-0.2, 0) is 0 Å². The highest BCUT2D eigenvalue weighted by atomic mass is 16.3. The molecule has 0 aliphatic heterocycles. The first kappa shape index (κ1) is 14.9. The zero-order chi connectivity index (χ0) is 14.9.